The molecule has 0 amide bonds. The van der Waals surface area contributed by atoms with E-state index in [4.69, 9.17) is 11.6 Å². The fourth-order valence-corrected chi connectivity index (χ4v) is 2.65. The number of nitrogens with zero attached hydrogens (tertiary/aromatic N) is 3. The summed E-state index contributed by atoms with van der Waals surface area (Å²) in [5.41, 5.74) is 0.857. The Morgan fingerprint density at radius 1 is 1.28 bits per heavy atom. The van der Waals surface area contributed by atoms with Crippen molar-refractivity contribution in [3.8, 4) is 11.4 Å². The molecule has 0 saturated carbocycles. The van der Waals surface area contributed by atoms with Gasteiger partial charge < -0.3 is 4.57 Å². The van der Waals surface area contributed by atoms with Crippen LogP contribution in [-0.2, 0) is 7.05 Å². The van der Waals surface area contributed by atoms with Gasteiger partial charge in [0.1, 0.15) is 5.82 Å². The standard InChI is InChI=1S/C12H13ClFN3S/c1-17-11(9-3-5-10(14)6-4-9)15-16-12(17)18-8-2-7-13/h3-6H,2,7-8H2,1H3. The van der Waals surface area contributed by atoms with E-state index in [2.05, 4.69) is 10.2 Å². The van der Waals surface area contributed by atoms with Gasteiger partial charge in [-0.25, -0.2) is 4.39 Å². The lowest BCUT2D eigenvalue weighted by Crippen LogP contribution is -1.95. The predicted octanol–water partition coefficient (Wildman–Crippen LogP) is 3.34. The van der Waals surface area contributed by atoms with Crippen LogP contribution in [0.15, 0.2) is 29.4 Å². The Hall–Kier alpha value is -1.07. The summed E-state index contributed by atoms with van der Waals surface area (Å²) in [6.45, 7) is 0. The van der Waals surface area contributed by atoms with E-state index in [0.29, 0.717) is 5.88 Å². The van der Waals surface area contributed by atoms with Crippen molar-refractivity contribution < 1.29 is 4.39 Å². The highest BCUT2D eigenvalue weighted by atomic mass is 35.5. The first kappa shape index (κ1) is 13.4. The summed E-state index contributed by atoms with van der Waals surface area (Å²) in [5.74, 6) is 2.05. The second-order valence-corrected chi connectivity index (χ2v) is 5.20. The zero-order valence-corrected chi connectivity index (χ0v) is 11.5. The van der Waals surface area contributed by atoms with E-state index < -0.39 is 0 Å². The van der Waals surface area contributed by atoms with Crippen LogP contribution in [0.2, 0.25) is 0 Å². The summed E-state index contributed by atoms with van der Waals surface area (Å²) in [6.07, 6.45) is 0.935. The molecule has 2 aromatic rings. The molecule has 0 aliphatic rings. The molecule has 0 aliphatic carbocycles. The monoisotopic (exact) mass is 285 g/mol. The summed E-state index contributed by atoms with van der Waals surface area (Å²) in [4.78, 5) is 0. The number of aromatic nitrogens is 3. The first-order valence-corrected chi connectivity index (χ1v) is 7.08. The summed E-state index contributed by atoms with van der Waals surface area (Å²) >= 11 is 7.25. The number of alkyl halides is 1. The smallest absolute Gasteiger partial charge is 0.191 e. The molecule has 6 heteroatoms. The van der Waals surface area contributed by atoms with Gasteiger partial charge in [0.25, 0.3) is 0 Å². The van der Waals surface area contributed by atoms with E-state index in [1.165, 1.54) is 12.1 Å². The zero-order valence-electron chi connectivity index (χ0n) is 9.94. The molecule has 2 rings (SSSR count). The van der Waals surface area contributed by atoms with E-state index >= 15 is 0 Å². The molecule has 96 valence electrons. The highest BCUT2D eigenvalue weighted by Gasteiger charge is 2.10. The Balaban J connectivity index is 2.17. The third kappa shape index (κ3) is 3.03. The molecule has 0 radical (unpaired) electrons. The topological polar surface area (TPSA) is 30.7 Å². The van der Waals surface area contributed by atoms with Gasteiger partial charge in [-0.15, -0.1) is 21.8 Å². The molecule has 0 spiro atoms. The Bertz CT molecular complexity index is 513. The lowest BCUT2D eigenvalue weighted by molar-refractivity contribution is 0.628. The first-order valence-electron chi connectivity index (χ1n) is 5.56. The fourth-order valence-electron chi connectivity index (χ4n) is 1.51. The second-order valence-electron chi connectivity index (χ2n) is 3.76. The molecular weight excluding hydrogens is 273 g/mol. The average Bonchev–Trinajstić information content (AvgIpc) is 2.73. The molecule has 1 aromatic heterocycles. The average molecular weight is 286 g/mol. The van der Waals surface area contributed by atoms with Gasteiger partial charge in [-0.3, -0.25) is 0 Å². The highest BCUT2D eigenvalue weighted by molar-refractivity contribution is 7.99. The van der Waals surface area contributed by atoms with Crippen LogP contribution in [0.1, 0.15) is 6.42 Å². The van der Waals surface area contributed by atoms with Crippen molar-refractivity contribution in [1.82, 2.24) is 14.8 Å². The van der Waals surface area contributed by atoms with Gasteiger partial charge in [-0.05, 0) is 30.7 Å². The van der Waals surface area contributed by atoms with Crippen LogP contribution in [-0.4, -0.2) is 26.4 Å². The summed E-state index contributed by atoms with van der Waals surface area (Å²) < 4.78 is 14.8. The maximum Gasteiger partial charge on any atom is 0.191 e. The lowest BCUT2D eigenvalue weighted by atomic mass is 10.2. The van der Waals surface area contributed by atoms with Gasteiger partial charge in [-0.1, -0.05) is 11.8 Å². The van der Waals surface area contributed by atoms with Crippen molar-refractivity contribution in [1.29, 1.82) is 0 Å². The minimum Gasteiger partial charge on any atom is -0.305 e. The maximum absolute atomic E-state index is 12.9. The highest BCUT2D eigenvalue weighted by Crippen LogP contribution is 2.23. The van der Waals surface area contributed by atoms with E-state index in [9.17, 15) is 4.39 Å². The maximum atomic E-state index is 12.9. The molecule has 0 fully saturated rings. The Morgan fingerprint density at radius 2 is 2.00 bits per heavy atom. The minimum absolute atomic E-state index is 0.252. The Kier molecular flexibility index (Phi) is 4.60. The number of thioether (sulfide) groups is 1. The molecule has 18 heavy (non-hydrogen) atoms. The molecule has 0 unspecified atom stereocenters. The van der Waals surface area contributed by atoms with Crippen LogP contribution in [0.5, 0.6) is 0 Å². The molecule has 0 atom stereocenters. The number of halogens is 2. The van der Waals surface area contributed by atoms with Gasteiger partial charge in [0, 0.05) is 24.2 Å². The number of hydrogen-bond donors (Lipinski definition) is 0. The first-order chi connectivity index (χ1) is 8.72. The third-order valence-corrected chi connectivity index (χ3v) is 3.82. The van der Waals surface area contributed by atoms with Gasteiger partial charge in [0.15, 0.2) is 11.0 Å². The number of hydrogen-bond acceptors (Lipinski definition) is 3. The van der Waals surface area contributed by atoms with Crippen molar-refractivity contribution in [2.75, 3.05) is 11.6 Å². The molecule has 0 N–H and O–H groups in total. The van der Waals surface area contributed by atoms with Crippen molar-refractivity contribution in [3.05, 3.63) is 30.1 Å². The molecule has 0 aliphatic heterocycles. The van der Waals surface area contributed by atoms with Crippen LogP contribution in [0, 0.1) is 5.82 Å². The van der Waals surface area contributed by atoms with Gasteiger partial charge in [-0.2, -0.15) is 0 Å². The van der Waals surface area contributed by atoms with Crippen LogP contribution in [0.4, 0.5) is 4.39 Å². The normalized spacial score (nSPS) is 10.8. The lowest BCUT2D eigenvalue weighted by Gasteiger charge is -2.03. The van der Waals surface area contributed by atoms with Crippen molar-refractivity contribution in [2.45, 2.75) is 11.6 Å². The van der Waals surface area contributed by atoms with Gasteiger partial charge in [0.2, 0.25) is 0 Å². The van der Waals surface area contributed by atoms with Crippen molar-refractivity contribution >= 4 is 23.4 Å². The van der Waals surface area contributed by atoms with Crippen LogP contribution >= 0.6 is 23.4 Å². The van der Waals surface area contributed by atoms with Crippen LogP contribution in [0.3, 0.4) is 0 Å². The zero-order chi connectivity index (χ0) is 13.0. The van der Waals surface area contributed by atoms with Crippen molar-refractivity contribution in [3.63, 3.8) is 0 Å². The fraction of sp³-hybridized carbons (Fsp3) is 0.333. The van der Waals surface area contributed by atoms with E-state index in [1.54, 1.807) is 23.9 Å². The molecule has 1 heterocycles. The SMILES string of the molecule is Cn1c(SCCCCl)nnc1-c1ccc(F)cc1. The largest absolute Gasteiger partial charge is 0.305 e. The van der Waals surface area contributed by atoms with Gasteiger partial charge >= 0.3 is 0 Å². The molecule has 3 nitrogen and oxygen atoms in total. The summed E-state index contributed by atoms with van der Waals surface area (Å²) in [6, 6.07) is 6.24. The molecule has 1 aromatic carbocycles. The second kappa shape index (κ2) is 6.20. The Morgan fingerprint density at radius 3 is 2.67 bits per heavy atom. The number of benzene rings is 1. The quantitative estimate of drug-likeness (QED) is 0.479. The third-order valence-electron chi connectivity index (χ3n) is 2.45. The number of rotatable bonds is 5. The van der Waals surface area contributed by atoms with E-state index in [-0.39, 0.29) is 5.82 Å². The summed E-state index contributed by atoms with van der Waals surface area (Å²) in [7, 11) is 1.90. The molecule has 0 bridgehead atoms. The van der Waals surface area contributed by atoms with E-state index in [1.807, 2.05) is 11.6 Å². The summed E-state index contributed by atoms with van der Waals surface area (Å²) in [5, 5.41) is 9.10. The molecule has 0 saturated heterocycles. The van der Waals surface area contributed by atoms with E-state index in [0.717, 1.165) is 28.7 Å². The van der Waals surface area contributed by atoms with Gasteiger partial charge in [0.05, 0.1) is 0 Å². The Labute approximate surface area is 114 Å². The molecular formula is C12H13ClFN3S. The predicted molar refractivity (Wildman–Crippen MR) is 72.5 cm³/mol. The van der Waals surface area contributed by atoms with Crippen LogP contribution in [0.25, 0.3) is 11.4 Å². The van der Waals surface area contributed by atoms with Crippen LogP contribution < -0.4 is 0 Å². The minimum atomic E-state index is -0.252. The van der Waals surface area contributed by atoms with Crippen molar-refractivity contribution in [2.24, 2.45) is 7.05 Å².